The van der Waals surface area contributed by atoms with Gasteiger partial charge in [-0.2, -0.15) is 0 Å². The van der Waals surface area contributed by atoms with Crippen LogP contribution in [-0.2, 0) is 22.6 Å². The van der Waals surface area contributed by atoms with E-state index in [-0.39, 0.29) is 24.5 Å². The van der Waals surface area contributed by atoms with Gasteiger partial charge in [-0.1, -0.05) is 78.9 Å². The quantitative estimate of drug-likeness (QED) is 0.133. The van der Waals surface area contributed by atoms with Crippen LogP contribution in [0.25, 0.3) is 0 Å². The number of piperidine rings is 1. The molecular formula is C40H45N5O3. The van der Waals surface area contributed by atoms with Crippen LogP contribution in [0.3, 0.4) is 0 Å². The van der Waals surface area contributed by atoms with E-state index in [0.717, 1.165) is 48.4 Å². The van der Waals surface area contributed by atoms with Crippen LogP contribution in [0.4, 0.5) is 21.9 Å². The molecule has 1 saturated heterocycles. The van der Waals surface area contributed by atoms with E-state index >= 15 is 0 Å². The maximum absolute atomic E-state index is 14.0. The summed E-state index contributed by atoms with van der Waals surface area (Å²) in [4.78, 5) is 34.1. The van der Waals surface area contributed by atoms with E-state index in [4.69, 9.17) is 4.74 Å². The van der Waals surface area contributed by atoms with E-state index in [1.54, 1.807) is 0 Å². The lowest BCUT2D eigenvalue weighted by Crippen LogP contribution is -2.51. The van der Waals surface area contributed by atoms with Crippen LogP contribution in [0.5, 0.6) is 0 Å². The summed E-state index contributed by atoms with van der Waals surface area (Å²) in [6.45, 7) is 2.87. The number of nitrogens with zero attached hydrogens (tertiary/aromatic N) is 2. The van der Waals surface area contributed by atoms with Crippen molar-refractivity contribution >= 4 is 35.3 Å². The summed E-state index contributed by atoms with van der Waals surface area (Å²) in [6, 6.07) is 35.3. The first kappa shape index (κ1) is 32.8. The first-order valence-electron chi connectivity index (χ1n) is 17.1. The number of aliphatic imine (C=N–C) groups is 1. The number of fused-ring (bicyclic) bond motifs is 1. The Bertz CT molecular complexity index is 1640. The molecule has 2 aliphatic rings. The molecule has 0 bridgehead atoms. The van der Waals surface area contributed by atoms with Gasteiger partial charge in [-0.05, 0) is 85.5 Å². The molecule has 3 atom stereocenters. The van der Waals surface area contributed by atoms with Crippen molar-refractivity contribution in [3.63, 3.8) is 0 Å². The Labute approximate surface area is 283 Å². The Morgan fingerprint density at radius 2 is 1.48 bits per heavy atom. The second kappa shape index (κ2) is 16.6. The van der Waals surface area contributed by atoms with Crippen LogP contribution < -0.4 is 20.9 Å². The number of hydrogen-bond donors (Lipinski definition) is 3. The number of aryl methyl sites for hydroxylation is 1. The third-order valence-corrected chi connectivity index (χ3v) is 9.15. The van der Waals surface area contributed by atoms with E-state index in [1.165, 1.54) is 30.5 Å². The number of ether oxygens (including phenoxy) is 1. The Balaban J connectivity index is 1.14. The van der Waals surface area contributed by atoms with Crippen LogP contribution in [0, 0.1) is 0 Å². The highest BCUT2D eigenvalue weighted by atomic mass is 16.5. The van der Waals surface area contributed by atoms with Gasteiger partial charge in [0.1, 0.15) is 12.6 Å². The molecule has 0 aromatic heterocycles. The molecule has 4 aromatic rings. The predicted octanol–water partition coefficient (Wildman–Crippen LogP) is 7.39. The van der Waals surface area contributed by atoms with Crippen LogP contribution in [0.2, 0.25) is 0 Å². The summed E-state index contributed by atoms with van der Waals surface area (Å²) in [5.74, 6) is -0.351. The molecule has 0 spiro atoms. The largest absolute Gasteiger partial charge is 0.445 e. The van der Waals surface area contributed by atoms with Gasteiger partial charge < -0.3 is 25.6 Å². The second-order valence-electron chi connectivity index (χ2n) is 12.6. The molecule has 1 fully saturated rings. The minimum atomic E-state index is -0.820. The minimum absolute atomic E-state index is 0.106. The smallest absolute Gasteiger partial charge is 0.408 e. The molecule has 248 valence electrons. The topological polar surface area (TPSA) is 95.1 Å². The lowest BCUT2D eigenvalue weighted by atomic mass is 9.93. The molecule has 8 heteroatoms. The van der Waals surface area contributed by atoms with Crippen molar-refractivity contribution in [1.29, 1.82) is 0 Å². The van der Waals surface area contributed by atoms with Gasteiger partial charge in [-0.15, -0.1) is 0 Å². The number of carbonyl (C=O) groups excluding carboxylic acids is 2. The molecule has 2 heterocycles. The lowest BCUT2D eigenvalue weighted by molar-refractivity contribution is -0.124. The zero-order valence-corrected chi connectivity index (χ0v) is 27.4. The van der Waals surface area contributed by atoms with Gasteiger partial charge in [-0.25, -0.2) is 4.79 Å². The number of alkyl carbamates (subject to hydrolysis) is 1. The average molecular weight is 644 g/mol. The Morgan fingerprint density at radius 3 is 2.23 bits per heavy atom. The van der Waals surface area contributed by atoms with Crippen molar-refractivity contribution in [2.45, 2.75) is 63.1 Å². The van der Waals surface area contributed by atoms with Gasteiger partial charge in [0.2, 0.25) is 5.91 Å². The number of anilines is 2. The fourth-order valence-corrected chi connectivity index (χ4v) is 6.45. The molecule has 2 aliphatic heterocycles. The molecule has 4 aromatic carbocycles. The van der Waals surface area contributed by atoms with Gasteiger partial charge in [-0.3, -0.25) is 9.79 Å². The Morgan fingerprint density at radius 1 is 0.792 bits per heavy atom. The van der Waals surface area contributed by atoms with Gasteiger partial charge in [0, 0.05) is 49.2 Å². The van der Waals surface area contributed by atoms with Crippen LogP contribution in [-0.4, -0.2) is 49.9 Å². The monoisotopic (exact) mass is 643 g/mol. The standard InChI is InChI=1S/C40H45N5O3/c46-39(38(26-32-27-42-37-17-9-8-16-36(32)37)44-40(47)48-29-31-14-6-2-7-15-31)43-34(19-18-30-12-4-1-5-13-30)28-41-33-20-22-35(23-21-33)45-24-10-3-11-25-45/h1-2,4-9,12-17,20-23,27,32,34,38,41H,3,10-11,18-19,24-26,28-29H2,(H,43,46)(H,44,47)/t32?,34-,38+/m0/s1. The van der Waals surface area contributed by atoms with Crippen LogP contribution in [0.15, 0.2) is 114 Å². The van der Waals surface area contributed by atoms with E-state index in [9.17, 15) is 9.59 Å². The first-order chi connectivity index (χ1) is 23.6. The van der Waals surface area contributed by atoms with Crippen LogP contribution in [0.1, 0.15) is 54.7 Å². The van der Waals surface area contributed by atoms with Gasteiger partial charge in [0.05, 0.1) is 5.69 Å². The number of rotatable bonds is 14. The van der Waals surface area contributed by atoms with Crippen molar-refractivity contribution in [2.75, 3.05) is 29.9 Å². The third kappa shape index (κ3) is 9.25. The third-order valence-electron chi connectivity index (χ3n) is 9.15. The molecule has 1 unspecified atom stereocenters. The van der Waals surface area contributed by atoms with Crippen molar-refractivity contribution in [1.82, 2.24) is 10.6 Å². The molecule has 2 amide bonds. The normalized spacial score (nSPS) is 16.4. The highest BCUT2D eigenvalue weighted by Gasteiger charge is 2.30. The Hall–Kier alpha value is -5.11. The maximum atomic E-state index is 14.0. The number of nitrogens with one attached hydrogen (secondary N) is 3. The van der Waals surface area contributed by atoms with Crippen molar-refractivity contribution in [2.24, 2.45) is 4.99 Å². The van der Waals surface area contributed by atoms with Gasteiger partial charge in [0.25, 0.3) is 0 Å². The summed E-state index contributed by atoms with van der Waals surface area (Å²) in [5, 5.41) is 9.70. The molecule has 0 saturated carbocycles. The first-order valence-corrected chi connectivity index (χ1v) is 17.1. The molecule has 0 aliphatic carbocycles. The SMILES string of the molecule is O=C(N[C@H](CC1C=Nc2ccccc21)C(=O)N[C@@H](CCc1ccccc1)CNc1ccc(N2CCCCC2)cc1)OCc1ccccc1. The molecule has 3 N–H and O–H groups in total. The molecule has 48 heavy (non-hydrogen) atoms. The minimum Gasteiger partial charge on any atom is -0.445 e. The number of carbonyl (C=O) groups is 2. The van der Waals surface area contributed by atoms with Gasteiger partial charge >= 0.3 is 6.09 Å². The maximum Gasteiger partial charge on any atom is 0.408 e. The fraction of sp³-hybridized carbons (Fsp3) is 0.325. The number of benzene rings is 4. The van der Waals surface area contributed by atoms with E-state index in [0.29, 0.717) is 13.0 Å². The zero-order chi connectivity index (χ0) is 33.0. The van der Waals surface area contributed by atoms with Crippen molar-refractivity contribution in [3.8, 4) is 0 Å². The Kier molecular flexibility index (Phi) is 11.4. The summed E-state index contributed by atoms with van der Waals surface area (Å²) < 4.78 is 5.53. The molecular weight excluding hydrogens is 598 g/mol. The molecule has 6 rings (SSSR count). The highest BCUT2D eigenvalue weighted by molar-refractivity contribution is 5.88. The molecule has 0 radical (unpaired) electrons. The average Bonchev–Trinajstić information content (AvgIpc) is 3.55. The fourth-order valence-electron chi connectivity index (χ4n) is 6.45. The summed E-state index contributed by atoms with van der Waals surface area (Å²) >= 11 is 0. The predicted molar refractivity (Wildman–Crippen MR) is 193 cm³/mol. The van der Waals surface area contributed by atoms with E-state index < -0.39 is 12.1 Å². The summed E-state index contributed by atoms with van der Waals surface area (Å²) in [6.07, 6.45) is 6.92. The van der Waals surface area contributed by atoms with Crippen molar-refractivity contribution < 1.29 is 14.3 Å². The number of amides is 2. The van der Waals surface area contributed by atoms with E-state index in [2.05, 4.69) is 62.2 Å². The summed E-state index contributed by atoms with van der Waals surface area (Å²) in [5.41, 5.74) is 6.28. The number of para-hydroxylation sites is 1. The highest BCUT2D eigenvalue weighted by Crippen LogP contribution is 2.34. The van der Waals surface area contributed by atoms with E-state index in [1.807, 2.05) is 79.0 Å². The van der Waals surface area contributed by atoms with Crippen molar-refractivity contribution in [3.05, 3.63) is 126 Å². The summed E-state index contributed by atoms with van der Waals surface area (Å²) in [7, 11) is 0. The molecule has 8 nitrogen and oxygen atoms in total. The number of hydrogen-bond acceptors (Lipinski definition) is 6. The zero-order valence-electron chi connectivity index (χ0n) is 27.4. The van der Waals surface area contributed by atoms with Crippen LogP contribution >= 0.6 is 0 Å². The van der Waals surface area contributed by atoms with Gasteiger partial charge in [0.15, 0.2) is 0 Å². The second-order valence-corrected chi connectivity index (χ2v) is 12.6. The lowest BCUT2D eigenvalue weighted by Gasteiger charge is -2.29.